The fourth-order valence-electron chi connectivity index (χ4n) is 1.72. The van der Waals surface area contributed by atoms with Crippen LogP contribution in [0.15, 0.2) is 29.1 Å². The van der Waals surface area contributed by atoms with E-state index in [2.05, 4.69) is 10.2 Å². The molecule has 2 aromatic rings. The molecule has 1 aromatic carbocycles. The summed E-state index contributed by atoms with van der Waals surface area (Å²) in [4.78, 5) is 11.5. The summed E-state index contributed by atoms with van der Waals surface area (Å²) >= 11 is 0. The SMILES string of the molecule is CC(C)(O)Cc1n[nH]c(=O)c2ccccc12. The second-order valence-corrected chi connectivity index (χ2v) is 4.53. The van der Waals surface area contributed by atoms with Crippen molar-refractivity contribution in [2.45, 2.75) is 25.9 Å². The lowest BCUT2D eigenvalue weighted by molar-refractivity contribution is 0.0801. The number of hydrogen-bond acceptors (Lipinski definition) is 3. The van der Waals surface area contributed by atoms with Crippen molar-refractivity contribution in [3.05, 3.63) is 40.3 Å². The van der Waals surface area contributed by atoms with Gasteiger partial charge >= 0.3 is 0 Å². The highest BCUT2D eigenvalue weighted by Gasteiger charge is 2.17. The number of fused-ring (bicyclic) bond motifs is 1. The highest BCUT2D eigenvalue weighted by Crippen LogP contribution is 2.17. The Morgan fingerprint density at radius 2 is 1.94 bits per heavy atom. The lowest BCUT2D eigenvalue weighted by Crippen LogP contribution is -2.24. The fourth-order valence-corrected chi connectivity index (χ4v) is 1.72. The van der Waals surface area contributed by atoms with Crippen LogP contribution in [0.4, 0.5) is 0 Å². The van der Waals surface area contributed by atoms with Gasteiger partial charge in [-0.25, -0.2) is 5.10 Å². The molecule has 4 nitrogen and oxygen atoms in total. The third-order valence-electron chi connectivity index (χ3n) is 2.38. The summed E-state index contributed by atoms with van der Waals surface area (Å²) in [5, 5.41) is 17.6. The van der Waals surface area contributed by atoms with Crippen molar-refractivity contribution in [3.8, 4) is 0 Å². The van der Waals surface area contributed by atoms with Gasteiger partial charge in [0, 0.05) is 11.8 Å². The lowest BCUT2D eigenvalue weighted by atomic mass is 9.99. The molecule has 0 amide bonds. The van der Waals surface area contributed by atoms with E-state index in [0.29, 0.717) is 17.5 Å². The van der Waals surface area contributed by atoms with E-state index < -0.39 is 5.60 Å². The third-order valence-corrected chi connectivity index (χ3v) is 2.38. The first-order valence-corrected chi connectivity index (χ1v) is 5.16. The Morgan fingerprint density at radius 3 is 2.56 bits per heavy atom. The van der Waals surface area contributed by atoms with E-state index in [0.717, 1.165) is 5.39 Å². The Balaban J connectivity index is 2.64. The maximum Gasteiger partial charge on any atom is 0.272 e. The molecular weight excluding hydrogens is 204 g/mol. The Morgan fingerprint density at radius 1 is 1.31 bits per heavy atom. The van der Waals surface area contributed by atoms with Crippen LogP contribution in [0, 0.1) is 0 Å². The molecule has 0 saturated carbocycles. The number of aromatic nitrogens is 2. The molecule has 2 rings (SSSR count). The van der Waals surface area contributed by atoms with Crippen molar-refractivity contribution >= 4 is 10.8 Å². The maximum atomic E-state index is 11.5. The highest BCUT2D eigenvalue weighted by atomic mass is 16.3. The summed E-state index contributed by atoms with van der Waals surface area (Å²) in [6.45, 7) is 3.43. The first kappa shape index (κ1) is 10.8. The molecule has 0 radical (unpaired) electrons. The predicted molar refractivity (Wildman–Crippen MR) is 62.4 cm³/mol. The van der Waals surface area contributed by atoms with E-state index in [-0.39, 0.29) is 5.56 Å². The number of benzene rings is 1. The van der Waals surface area contributed by atoms with Crippen molar-refractivity contribution in [2.75, 3.05) is 0 Å². The van der Waals surface area contributed by atoms with Gasteiger partial charge in [-0.3, -0.25) is 4.79 Å². The van der Waals surface area contributed by atoms with Crippen LogP contribution in [0.3, 0.4) is 0 Å². The van der Waals surface area contributed by atoms with Gasteiger partial charge in [-0.1, -0.05) is 18.2 Å². The van der Waals surface area contributed by atoms with E-state index in [9.17, 15) is 9.90 Å². The third kappa shape index (κ3) is 2.12. The molecule has 0 fully saturated rings. The van der Waals surface area contributed by atoms with Gasteiger partial charge in [-0.2, -0.15) is 5.10 Å². The summed E-state index contributed by atoms with van der Waals surface area (Å²) < 4.78 is 0. The van der Waals surface area contributed by atoms with Crippen LogP contribution in [0.25, 0.3) is 10.8 Å². The van der Waals surface area contributed by atoms with Gasteiger partial charge in [0.15, 0.2) is 0 Å². The van der Waals surface area contributed by atoms with Crippen LogP contribution in [0.2, 0.25) is 0 Å². The Bertz CT molecular complexity index is 567. The average Bonchev–Trinajstić information content (AvgIpc) is 2.21. The average molecular weight is 218 g/mol. The van der Waals surface area contributed by atoms with E-state index >= 15 is 0 Å². The van der Waals surface area contributed by atoms with Crippen LogP contribution >= 0.6 is 0 Å². The molecule has 0 saturated heterocycles. The van der Waals surface area contributed by atoms with Crippen LogP contribution in [0.5, 0.6) is 0 Å². The van der Waals surface area contributed by atoms with Crippen molar-refractivity contribution in [2.24, 2.45) is 0 Å². The van der Waals surface area contributed by atoms with Gasteiger partial charge < -0.3 is 5.11 Å². The maximum absolute atomic E-state index is 11.5. The van der Waals surface area contributed by atoms with Crippen molar-refractivity contribution in [1.29, 1.82) is 0 Å². The van der Waals surface area contributed by atoms with Crippen molar-refractivity contribution in [1.82, 2.24) is 10.2 Å². The van der Waals surface area contributed by atoms with Crippen molar-refractivity contribution in [3.63, 3.8) is 0 Å². The first-order valence-electron chi connectivity index (χ1n) is 5.16. The molecule has 84 valence electrons. The minimum atomic E-state index is -0.839. The first-order chi connectivity index (χ1) is 7.47. The van der Waals surface area contributed by atoms with Gasteiger partial charge in [-0.05, 0) is 19.9 Å². The van der Waals surface area contributed by atoms with Gasteiger partial charge in [0.25, 0.3) is 5.56 Å². The molecule has 0 bridgehead atoms. The predicted octanol–water partition coefficient (Wildman–Crippen LogP) is 1.24. The van der Waals surface area contributed by atoms with Crippen molar-refractivity contribution < 1.29 is 5.11 Å². The van der Waals surface area contributed by atoms with Gasteiger partial charge in [-0.15, -0.1) is 0 Å². The van der Waals surface area contributed by atoms with E-state index in [1.165, 1.54) is 0 Å². The molecule has 16 heavy (non-hydrogen) atoms. The number of nitrogens with zero attached hydrogens (tertiary/aromatic N) is 1. The second kappa shape index (κ2) is 3.72. The number of rotatable bonds is 2. The molecule has 0 aliphatic heterocycles. The van der Waals surface area contributed by atoms with Crippen LogP contribution < -0.4 is 5.56 Å². The van der Waals surface area contributed by atoms with Crippen LogP contribution in [-0.2, 0) is 6.42 Å². The molecular formula is C12H14N2O2. The summed E-state index contributed by atoms with van der Waals surface area (Å²) in [5.41, 5.74) is -0.327. The van der Waals surface area contributed by atoms with Crippen LogP contribution in [-0.4, -0.2) is 20.9 Å². The standard InChI is InChI=1S/C12H14N2O2/c1-12(2,16)7-10-8-5-3-4-6-9(8)11(15)14-13-10/h3-6,16H,7H2,1-2H3,(H,14,15). The monoisotopic (exact) mass is 218 g/mol. The topological polar surface area (TPSA) is 66.0 Å². The minimum absolute atomic E-state index is 0.199. The quantitative estimate of drug-likeness (QED) is 0.797. The zero-order valence-electron chi connectivity index (χ0n) is 9.32. The summed E-state index contributed by atoms with van der Waals surface area (Å²) in [6, 6.07) is 7.27. The summed E-state index contributed by atoms with van der Waals surface area (Å²) in [7, 11) is 0. The van der Waals surface area contributed by atoms with E-state index in [1.807, 2.05) is 18.2 Å². The highest BCUT2D eigenvalue weighted by molar-refractivity contribution is 5.83. The van der Waals surface area contributed by atoms with Gasteiger partial charge in [0.2, 0.25) is 0 Å². The summed E-state index contributed by atoms with van der Waals surface area (Å²) in [6.07, 6.45) is 0.407. The zero-order chi connectivity index (χ0) is 11.8. The number of aromatic amines is 1. The molecule has 0 aliphatic rings. The van der Waals surface area contributed by atoms with E-state index in [1.54, 1.807) is 19.9 Å². The number of aliphatic hydroxyl groups is 1. The zero-order valence-corrected chi connectivity index (χ0v) is 9.32. The Labute approximate surface area is 92.9 Å². The minimum Gasteiger partial charge on any atom is -0.390 e. The molecule has 0 unspecified atom stereocenters. The fraction of sp³-hybridized carbons (Fsp3) is 0.333. The smallest absolute Gasteiger partial charge is 0.272 e. The molecule has 4 heteroatoms. The largest absolute Gasteiger partial charge is 0.390 e. The Kier molecular flexibility index (Phi) is 2.52. The molecule has 0 atom stereocenters. The molecule has 0 spiro atoms. The number of hydrogen-bond donors (Lipinski definition) is 2. The van der Waals surface area contributed by atoms with Crippen LogP contribution in [0.1, 0.15) is 19.5 Å². The Hall–Kier alpha value is -1.68. The van der Waals surface area contributed by atoms with Gasteiger partial charge in [0.1, 0.15) is 0 Å². The van der Waals surface area contributed by atoms with Gasteiger partial charge in [0.05, 0.1) is 16.7 Å². The molecule has 0 aliphatic carbocycles. The number of nitrogens with one attached hydrogen (secondary N) is 1. The molecule has 1 aromatic heterocycles. The second-order valence-electron chi connectivity index (χ2n) is 4.53. The lowest BCUT2D eigenvalue weighted by Gasteiger charge is -2.16. The molecule has 2 N–H and O–H groups in total. The van der Waals surface area contributed by atoms with E-state index in [4.69, 9.17) is 0 Å². The number of H-pyrrole nitrogens is 1. The molecule has 1 heterocycles. The summed E-state index contributed by atoms with van der Waals surface area (Å²) in [5.74, 6) is 0. The normalized spacial score (nSPS) is 11.9.